The Morgan fingerprint density at radius 3 is 2.72 bits per heavy atom. The quantitative estimate of drug-likeness (QED) is 0.847. The molecular weight excluding hydrogens is 266 g/mol. The molecule has 0 radical (unpaired) electrons. The Bertz CT molecular complexity index is 662. The number of para-hydroxylation sites is 1. The lowest BCUT2D eigenvalue weighted by Crippen LogP contribution is -2.35. The van der Waals surface area contributed by atoms with Crippen LogP contribution in [-0.4, -0.2) is 14.5 Å². The van der Waals surface area contributed by atoms with Gasteiger partial charge < -0.3 is 0 Å². The molecule has 0 N–H and O–H groups in total. The molecule has 1 aliphatic rings. The predicted molar refractivity (Wildman–Crippen MR) is 73.6 cm³/mol. The highest BCUT2D eigenvalue weighted by Gasteiger charge is 2.36. The van der Waals surface area contributed by atoms with E-state index >= 15 is 0 Å². The summed E-state index contributed by atoms with van der Waals surface area (Å²) in [5.41, 5.74) is 1.92. The summed E-state index contributed by atoms with van der Waals surface area (Å²) in [6.07, 6.45) is 0.779. The molecule has 2 heterocycles. The van der Waals surface area contributed by atoms with Gasteiger partial charge in [0.25, 0.3) is 10.0 Å². The Balaban J connectivity index is 2.13. The highest BCUT2D eigenvalue weighted by molar-refractivity contribution is 7.94. The van der Waals surface area contributed by atoms with Gasteiger partial charge in [-0.15, -0.1) is 11.3 Å². The van der Waals surface area contributed by atoms with Crippen LogP contribution in [0, 0.1) is 0 Å². The zero-order valence-corrected chi connectivity index (χ0v) is 11.5. The van der Waals surface area contributed by atoms with Gasteiger partial charge in [-0.1, -0.05) is 24.3 Å². The fourth-order valence-electron chi connectivity index (χ4n) is 2.41. The van der Waals surface area contributed by atoms with Crippen LogP contribution in [0.2, 0.25) is 0 Å². The van der Waals surface area contributed by atoms with Crippen molar-refractivity contribution in [2.75, 3.05) is 4.31 Å². The van der Waals surface area contributed by atoms with Gasteiger partial charge in [0.2, 0.25) is 0 Å². The maximum atomic E-state index is 12.6. The molecule has 2 aromatic rings. The first kappa shape index (κ1) is 11.7. The summed E-state index contributed by atoms with van der Waals surface area (Å²) in [6, 6.07) is 11.1. The van der Waals surface area contributed by atoms with Gasteiger partial charge in [0.05, 0.1) is 5.69 Å². The smallest absolute Gasteiger partial charge is 0.262 e. The van der Waals surface area contributed by atoms with E-state index in [1.165, 1.54) is 11.3 Å². The zero-order chi connectivity index (χ0) is 12.8. The number of anilines is 1. The van der Waals surface area contributed by atoms with Crippen molar-refractivity contribution in [3.63, 3.8) is 0 Å². The van der Waals surface area contributed by atoms with Crippen LogP contribution in [-0.2, 0) is 16.4 Å². The van der Waals surface area contributed by atoms with Crippen molar-refractivity contribution in [2.45, 2.75) is 23.6 Å². The molecule has 0 fully saturated rings. The summed E-state index contributed by atoms with van der Waals surface area (Å²) < 4.78 is 27.2. The average molecular weight is 279 g/mol. The third kappa shape index (κ3) is 1.66. The van der Waals surface area contributed by atoms with E-state index in [0.717, 1.165) is 17.7 Å². The second kappa shape index (κ2) is 4.10. The second-order valence-corrected chi connectivity index (χ2v) is 7.40. The van der Waals surface area contributed by atoms with Crippen LogP contribution in [0.1, 0.15) is 12.5 Å². The monoisotopic (exact) mass is 279 g/mol. The maximum Gasteiger partial charge on any atom is 0.274 e. The van der Waals surface area contributed by atoms with E-state index in [2.05, 4.69) is 0 Å². The van der Waals surface area contributed by atoms with Gasteiger partial charge in [0, 0.05) is 6.04 Å². The number of sulfonamides is 1. The van der Waals surface area contributed by atoms with E-state index in [0.29, 0.717) is 4.21 Å². The van der Waals surface area contributed by atoms with Gasteiger partial charge in [-0.2, -0.15) is 0 Å². The highest BCUT2D eigenvalue weighted by Crippen LogP contribution is 2.37. The van der Waals surface area contributed by atoms with Gasteiger partial charge in [-0.3, -0.25) is 4.31 Å². The molecule has 0 spiro atoms. The first-order chi connectivity index (χ1) is 8.60. The molecule has 5 heteroatoms. The summed E-state index contributed by atoms with van der Waals surface area (Å²) in [5.74, 6) is 0. The lowest BCUT2D eigenvalue weighted by Gasteiger charge is -2.23. The topological polar surface area (TPSA) is 37.4 Å². The summed E-state index contributed by atoms with van der Waals surface area (Å²) in [4.78, 5) is 0. The van der Waals surface area contributed by atoms with E-state index in [4.69, 9.17) is 0 Å². The molecule has 1 aromatic heterocycles. The zero-order valence-electron chi connectivity index (χ0n) is 9.91. The SMILES string of the molecule is C[C@@H]1Cc2ccccc2N1S(=O)(=O)c1cccs1. The molecular formula is C13H13NO2S2. The molecule has 18 heavy (non-hydrogen) atoms. The number of hydrogen-bond acceptors (Lipinski definition) is 3. The van der Waals surface area contributed by atoms with Gasteiger partial charge in [0.15, 0.2) is 0 Å². The molecule has 1 aromatic carbocycles. The number of benzene rings is 1. The number of nitrogens with zero attached hydrogens (tertiary/aromatic N) is 1. The van der Waals surface area contributed by atoms with Gasteiger partial charge >= 0.3 is 0 Å². The molecule has 0 bridgehead atoms. The van der Waals surface area contributed by atoms with Crippen LogP contribution < -0.4 is 4.31 Å². The van der Waals surface area contributed by atoms with E-state index in [-0.39, 0.29) is 6.04 Å². The minimum absolute atomic E-state index is 0.0190. The predicted octanol–water partition coefficient (Wildman–Crippen LogP) is 2.89. The number of hydrogen-bond donors (Lipinski definition) is 0. The van der Waals surface area contributed by atoms with Crippen molar-refractivity contribution in [3.8, 4) is 0 Å². The molecule has 0 saturated carbocycles. The second-order valence-electron chi connectivity index (χ2n) is 4.41. The van der Waals surface area contributed by atoms with Crippen LogP contribution in [0.3, 0.4) is 0 Å². The van der Waals surface area contributed by atoms with E-state index in [1.54, 1.807) is 21.8 Å². The van der Waals surface area contributed by atoms with Crippen LogP contribution in [0.5, 0.6) is 0 Å². The van der Waals surface area contributed by atoms with Crippen molar-refractivity contribution in [2.24, 2.45) is 0 Å². The molecule has 1 atom stereocenters. The lowest BCUT2D eigenvalue weighted by atomic mass is 10.1. The Labute approximate surface area is 111 Å². The van der Waals surface area contributed by atoms with Crippen molar-refractivity contribution in [1.29, 1.82) is 0 Å². The number of fused-ring (bicyclic) bond motifs is 1. The Hall–Kier alpha value is -1.33. The Morgan fingerprint density at radius 2 is 2.00 bits per heavy atom. The molecule has 0 unspecified atom stereocenters. The van der Waals surface area contributed by atoms with Crippen molar-refractivity contribution >= 4 is 27.0 Å². The minimum Gasteiger partial charge on any atom is -0.262 e. The third-order valence-electron chi connectivity index (χ3n) is 3.15. The van der Waals surface area contributed by atoms with Crippen LogP contribution in [0.25, 0.3) is 0 Å². The summed E-state index contributed by atoms with van der Waals surface area (Å²) in [7, 11) is -3.41. The molecule has 0 saturated heterocycles. The van der Waals surface area contributed by atoms with E-state index in [1.807, 2.05) is 31.2 Å². The summed E-state index contributed by atoms with van der Waals surface area (Å²) in [6.45, 7) is 1.95. The summed E-state index contributed by atoms with van der Waals surface area (Å²) in [5, 5.41) is 1.79. The molecule has 0 amide bonds. The van der Waals surface area contributed by atoms with E-state index < -0.39 is 10.0 Å². The van der Waals surface area contributed by atoms with Crippen molar-refractivity contribution in [1.82, 2.24) is 0 Å². The average Bonchev–Trinajstić information content (AvgIpc) is 2.94. The first-order valence-corrected chi connectivity index (χ1v) is 8.08. The molecule has 1 aliphatic heterocycles. The fourth-order valence-corrected chi connectivity index (χ4v) is 5.18. The molecule has 3 rings (SSSR count). The maximum absolute atomic E-state index is 12.6. The highest BCUT2D eigenvalue weighted by atomic mass is 32.2. The Kier molecular flexibility index (Phi) is 2.68. The summed E-state index contributed by atoms with van der Waals surface area (Å²) >= 11 is 1.26. The first-order valence-electron chi connectivity index (χ1n) is 5.76. The molecule has 94 valence electrons. The normalized spacial score (nSPS) is 18.9. The number of thiophene rings is 1. The van der Waals surface area contributed by atoms with Crippen LogP contribution in [0.15, 0.2) is 46.0 Å². The van der Waals surface area contributed by atoms with Gasteiger partial charge in [-0.25, -0.2) is 8.42 Å². The van der Waals surface area contributed by atoms with Gasteiger partial charge in [0.1, 0.15) is 4.21 Å². The minimum atomic E-state index is -3.41. The van der Waals surface area contributed by atoms with Crippen molar-refractivity contribution < 1.29 is 8.42 Å². The van der Waals surface area contributed by atoms with E-state index in [9.17, 15) is 8.42 Å². The lowest BCUT2D eigenvalue weighted by molar-refractivity contribution is 0.586. The number of rotatable bonds is 2. The fraction of sp³-hybridized carbons (Fsp3) is 0.231. The molecule has 0 aliphatic carbocycles. The Morgan fingerprint density at radius 1 is 1.22 bits per heavy atom. The largest absolute Gasteiger partial charge is 0.274 e. The third-order valence-corrected chi connectivity index (χ3v) is 6.45. The van der Waals surface area contributed by atoms with Crippen LogP contribution in [0.4, 0.5) is 5.69 Å². The standard InChI is InChI=1S/C13H13NO2S2/c1-10-9-11-5-2-3-6-12(11)14(10)18(15,16)13-7-4-8-17-13/h2-8,10H,9H2,1H3/t10-/m1/s1. The van der Waals surface area contributed by atoms with Crippen molar-refractivity contribution in [3.05, 3.63) is 47.3 Å². The molecule has 3 nitrogen and oxygen atoms in total. The van der Waals surface area contributed by atoms with Crippen LogP contribution >= 0.6 is 11.3 Å². The van der Waals surface area contributed by atoms with Gasteiger partial charge in [-0.05, 0) is 36.4 Å².